The number of rotatable bonds is 2. The monoisotopic (exact) mass is 433 g/mol. The van der Waals surface area contributed by atoms with Gasteiger partial charge in [0, 0.05) is 54.9 Å². The summed E-state index contributed by atoms with van der Waals surface area (Å²) in [5.74, 6) is 0.145. The largest absolute Gasteiger partial charge is 0.378 e. The third-order valence-corrected chi connectivity index (χ3v) is 6.28. The average molecular weight is 434 g/mol. The van der Waals surface area contributed by atoms with Crippen molar-refractivity contribution < 1.29 is 9.53 Å². The number of urea groups is 1. The topological polar surface area (TPSA) is 36.0 Å². The number of ether oxygens (including phenoxy) is 1. The SMILES string of the molecule is CN1Cc2c(Cl)cc(Cl)cc2C(c2cccc(N(C)C(=O)N3CCOCC3)c2)C1. The van der Waals surface area contributed by atoms with E-state index in [4.69, 9.17) is 27.9 Å². The van der Waals surface area contributed by atoms with Crippen LogP contribution in [0, 0.1) is 0 Å². The number of halogens is 2. The molecule has 0 bridgehead atoms. The second-order valence-electron chi connectivity index (χ2n) is 7.74. The Kier molecular flexibility index (Phi) is 6.02. The van der Waals surface area contributed by atoms with Crippen molar-refractivity contribution in [2.45, 2.75) is 12.5 Å². The highest BCUT2D eigenvalue weighted by Gasteiger charge is 2.28. The molecule has 1 saturated heterocycles. The number of nitrogens with zero attached hydrogens (tertiary/aromatic N) is 3. The molecule has 2 aliphatic rings. The first-order valence-electron chi connectivity index (χ1n) is 9.80. The van der Waals surface area contributed by atoms with Gasteiger partial charge >= 0.3 is 6.03 Å². The van der Waals surface area contributed by atoms with Crippen molar-refractivity contribution >= 4 is 34.9 Å². The quantitative estimate of drug-likeness (QED) is 0.701. The lowest BCUT2D eigenvalue weighted by atomic mass is 9.84. The van der Waals surface area contributed by atoms with Crippen molar-refractivity contribution in [1.29, 1.82) is 0 Å². The van der Waals surface area contributed by atoms with Crippen LogP contribution in [-0.2, 0) is 11.3 Å². The number of carbonyl (C=O) groups is 1. The molecule has 0 aromatic heterocycles. The van der Waals surface area contributed by atoms with Crippen LogP contribution in [0.15, 0.2) is 36.4 Å². The fourth-order valence-electron chi connectivity index (χ4n) is 4.16. The van der Waals surface area contributed by atoms with Crippen molar-refractivity contribution in [2.24, 2.45) is 0 Å². The molecule has 2 aromatic rings. The number of hydrogen-bond acceptors (Lipinski definition) is 3. The van der Waals surface area contributed by atoms with Gasteiger partial charge in [-0.25, -0.2) is 4.79 Å². The summed E-state index contributed by atoms with van der Waals surface area (Å²) in [6.07, 6.45) is 0. The number of carbonyl (C=O) groups excluding carboxylic acids is 1. The highest BCUT2D eigenvalue weighted by atomic mass is 35.5. The Balaban J connectivity index is 1.65. The fourth-order valence-corrected chi connectivity index (χ4v) is 4.73. The summed E-state index contributed by atoms with van der Waals surface area (Å²) in [7, 11) is 3.92. The zero-order chi connectivity index (χ0) is 20.5. The standard InChI is InChI=1S/C22H25Cl2N3O2/c1-25-13-19(18-11-16(23)12-21(24)20(18)14-25)15-4-3-5-17(10-15)26(2)22(28)27-6-8-29-9-7-27/h3-5,10-12,19H,6-9,13-14H2,1-2H3. The summed E-state index contributed by atoms with van der Waals surface area (Å²) in [6.45, 7) is 4.10. The molecule has 1 atom stereocenters. The van der Waals surface area contributed by atoms with Crippen LogP contribution in [-0.4, -0.2) is 62.8 Å². The van der Waals surface area contributed by atoms with Gasteiger partial charge in [-0.15, -0.1) is 0 Å². The first-order chi connectivity index (χ1) is 13.9. The van der Waals surface area contributed by atoms with Gasteiger partial charge in [-0.3, -0.25) is 4.90 Å². The molecule has 0 spiro atoms. The second kappa shape index (κ2) is 8.52. The Hall–Kier alpha value is -1.79. The number of anilines is 1. The molecular formula is C22H25Cl2N3O2. The van der Waals surface area contributed by atoms with Crippen molar-refractivity contribution in [3.63, 3.8) is 0 Å². The van der Waals surface area contributed by atoms with Gasteiger partial charge in [0.05, 0.1) is 13.2 Å². The molecule has 2 aliphatic heterocycles. The van der Waals surface area contributed by atoms with Crippen molar-refractivity contribution in [3.05, 3.63) is 63.1 Å². The Labute approximate surface area is 181 Å². The number of likely N-dealkylation sites (N-methyl/N-ethyl adjacent to an activating group) is 1. The molecular weight excluding hydrogens is 409 g/mol. The first kappa shape index (κ1) is 20.5. The summed E-state index contributed by atoms with van der Waals surface area (Å²) in [5, 5.41) is 1.36. The van der Waals surface area contributed by atoms with Gasteiger partial charge < -0.3 is 14.5 Å². The molecule has 2 heterocycles. The second-order valence-corrected chi connectivity index (χ2v) is 8.58. The summed E-state index contributed by atoms with van der Waals surface area (Å²) < 4.78 is 5.36. The Morgan fingerprint density at radius 3 is 2.69 bits per heavy atom. The number of benzene rings is 2. The molecule has 1 fully saturated rings. The van der Waals surface area contributed by atoms with Gasteiger partial charge in [0.1, 0.15) is 0 Å². The molecule has 2 amide bonds. The maximum absolute atomic E-state index is 12.9. The molecule has 0 saturated carbocycles. The van der Waals surface area contributed by atoms with Gasteiger partial charge in [0.25, 0.3) is 0 Å². The van der Waals surface area contributed by atoms with Crippen molar-refractivity contribution in [3.8, 4) is 0 Å². The van der Waals surface area contributed by atoms with E-state index in [0.717, 1.165) is 29.9 Å². The van der Waals surface area contributed by atoms with Crippen LogP contribution < -0.4 is 4.90 Å². The molecule has 5 nitrogen and oxygen atoms in total. The number of amides is 2. The van der Waals surface area contributed by atoms with Gasteiger partial charge in [-0.2, -0.15) is 0 Å². The van der Waals surface area contributed by atoms with Crippen LogP contribution in [0.25, 0.3) is 0 Å². The summed E-state index contributed by atoms with van der Waals surface area (Å²) >= 11 is 12.8. The molecule has 2 aromatic carbocycles. The van der Waals surface area contributed by atoms with Crippen LogP contribution in [0.5, 0.6) is 0 Å². The summed E-state index contributed by atoms with van der Waals surface area (Å²) in [6, 6.07) is 12.0. The molecule has 154 valence electrons. The minimum absolute atomic E-state index is 0.00213. The molecule has 0 aliphatic carbocycles. The number of hydrogen-bond donors (Lipinski definition) is 0. The maximum atomic E-state index is 12.9. The fraction of sp³-hybridized carbons (Fsp3) is 0.409. The van der Waals surface area contributed by atoms with E-state index in [1.807, 2.05) is 36.2 Å². The van der Waals surface area contributed by atoms with Crippen LogP contribution >= 0.6 is 23.2 Å². The lowest BCUT2D eigenvalue weighted by Gasteiger charge is -2.34. The van der Waals surface area contributed by atoms with E-state index in [2.05, 4.69) is 24.1 Å². The minimum atomic E-state index is -0.00213. The van der Waals surface area contributed by atoms with Crippen LogP contribution in [0.4, 0.5) is 10.5 Å². The van der Waals surface area contributed by atoms with Crippen LogP contribution in [0.1, 0.15) is 22.6 Å². The van der Waals surface area contributed by atoms with Crippen LogP contribution in [0.2, 0.25) is 10.0 Å². The molecule has 4 rings (SSSR count). The summed E-state index contributed by atoms with van der Waals surface area (Å²) in [5.41, 5.74) is 4.31. The molecule has 1 unspecified atom stereocenters. The molecule has 0 radical (unpaired) electrons. The van der Waals surface area contributed by atoms with Crippen LogP contribution in [0.3, 0.4) is 0 Å². The predicted octanol–water partition coefficient (Wildman–Crippen LogP) is 4.46. The van der Waals surface area contributed by atoms with E-state index in [9.17, 15) is 4.79 Å². The first-order valence-corrected chi connectivity index (χ1v) is 10.6. The maximum Gasteiger partial charge on any atom is 0.324 e. The van der Waals surface area contributed by atoms with E-state index < -0.39 is 0 Å². The normalized spacial score (nSPS) is 19.7. The third-order valence-electron chi connectivity index (χ3n) is 5.72. The van der Waals surface area contributed by atoms with E-state index in [1.165, 1.54) is 5.56 Å². The Bertz CT molecular complexity index is 915. The lowest BCUT2D eigenvalue weighted by Crippen LogP contribution is -2.47. The van der Waals surface area contributed by atoms with Gasteiger partial charge in [0.15, 0.2) is 0 Å². The summed E-state index contributed by atoms with van der Waals surface area (Å²) in [4.78, 5) is 18.7. The van der Waals surface area contributed by atoms with Crippen molar-refractivity contribution in [1.82, 2.24) is 9.80 Å². The van der Waals surface area contributed by atoms with E-state index in [-0.39, 0.29) is 11.9 Å². The Morgan fingerprint density at radius 1 is 1.17 bits per heavy atom. The van der Waals surface area contributed by atoms with Gasteiger partial charge in [-0.05, 0) is 48.0 Å². The predicted molar refractivity (Wildman–Crippen MR) is 117 cm³/mol. The van der Waals surface area contributed by atoms with Gasteiger partial charge in [0.2, 0.25) is 0 Å². The van der Waals surface area contributed by atoms with Gasteiger partial charge in [-0.1, -0.05) is 35.3 Å². The minimum Gasteiger partial charge on any atom is -0.378 e. The zero-order valence-electron chi connectivity index (χ0n) is 16.7. The highest BCUT2D eigenvalue weighted by Crippen LogP contribution is 2.39. The van der Waals surface area contributed by atoms with E-state index >= 15 is 0 Å². The molecule has 29 heavy (non-hydrogen) atoms. The van der Waals surface area contributed by atoms with Crippen molar-refractivity contribution in [2.75, 3.05) is 51.8 Å². The van der Waals surface area contributed by atoms with E-state index in [1.54, 1.807) is 4.90 Å². The molecule has 7 heteroatoms. The smallest absolute Gasteiger partial charge is 0.324 e. The average Bonchev–Trinajstić information content (AvgIpc) is 2.73. The lowest BCUT2D eigenvalue weighted by molar-refractivity contribution is 0.0551. The Morgan fingerprint density at radius 2 is 1.93 bits per heavy atom. The zero-order valence-corrected chi connectivity index (χ0v) is 18.2. The number of fused-ring (bicyclic) bond motifs is 1. The highest BCUT2D eigenvalue weighted by molar-refractivity contribution is 6.35. The third kappa shape index (κ3) is 4.24. The van der Waals surface area contributed by atoms with E-state index in [0.29, 0.717) is 36.3 Å². The number of morpholine rings is 1. The molecule has 0 N–H and O–H groups in total.